The molecule has 0 aliphatic heterocycles. The highest BCUT2D eigenvalue weighted by Crippen LogP contribution is 1.89. The number of nitrogens with zero attached hydrogens (tertiary/aromatic N) is 1. The van der Waals surface area contributed by atoms with Crippen LogP contribution in [-0.2, 0) is 9.53 Å². The van der Waals surface area contributed by atoms with Gasteiger partial charge in [0.15, 0.2) is 0 Å². The number of hydrogen-bond donors (Lipinski definition) is 2. The van der Waals surface area contributed by atoms with E-state index in [0.29, 0.717) is 25.3 Å². The SMILES string of the molecule is CC.CC.CC(=O)CCOC/C(N)=C/N(C)N. The Bertz CT molecular complexity index is 192. The summed E-state index contributed by atoms with van der Waals surface area (Å²) in [5.74, 6) is 5.42. The number of rotatable bonds is 6. The average molecular weight is 247 g/mol. The van der Waals surface area contributed by atoms with E-state index < -0.39 is 0 Å². The fourth-order valence-electron chi connectivity index (χ4n) is 0.705. The largest absolute Gasteiger partial charge is 0.399 e. The van der Waals surface area contributed by atoms with Crippen LogP contribution in [0.5, 0.6) is 0 Å². The van der Waals surface area contributed by atoms with Gasteiger partial charge in [0.2, 0.25) is 0 Å². The molecule has 0 aromatic carbocycles. The smallest absolute Gasteiger partial charge is 0.132 e. The summed E-state index contributed by atoms with van der Waals surface area (Å²) < 4.78 is 5.11. The molecule has 4 N–H and O–H groups in total. The molecular formula is C12H29N3O2. The van der Waals surface area contributed by atoms with Gasteiger partial charge in [-0.1, -0.05) is 27.7 Å². The molecule has 0 saturated carbocycles. The standard InChI is InChI=1S/C8H17N3O2.2C2H6/c1-7(12)3-4-13-6-8(9)5-11(2)10;2*1-2/h5H,3-4,6,9-10H2,1-2H3;2*1-2H3/b8-5-;;. The van der Waals surface area contributed by atoms with Gasteiger partial charge in [0.25, 0.3) is 0 Å². The third kappa shape index (κ3) is 25.3. The molecule has 0 rings (SSSR count). The molecule has 0 amide bonds. The van der Waals surface area contributed by atoms with Gasteiger partial charge >= 0.3 is 0 Å². The fourth-order valence-corrected chi connectivity index (χ4v) is 0.705. The van der Waals surface area contributed by atoms with E-state index in [1.54, 1.807) is 13.2 Å². The molecule has 0 spiro atoms. The lowest BCUT2D eigenvalue weighted by atomic mass is 10.3. The second kappa shape index (κ2) is 17.3. The minimum absolute atomic E-state index is 0.110. The van der Waals surface area contributed by atoms with Crippen molar-refractivity contribution in [1.82, 2.24) is 5.01 Å². The van der Waals surface area contributed by atoms with Crippen LogP contribution in [0.1, 0.15) is 41.0 Å². The molecule has 0 radical (unpaired) electrons. The summed E-state index contributed by atoms with van der Waals surface area (Å²) in [5, 5.41) is 1.35. The lowest BCUT2D eigenvalue weighted by molar-refractivity contribution is -0.117. The van der Waals surface area contributed by atoms with Crippen LogP contribution in [0.4, 0.5) is 0 Å². The van der Waals surface area contributed by atoms with Crippen LogP contribution >= 0.6 is 0 Å². The normalized spacial score (nSPS) is 9.47. The Morgan fingerprint density at radius 2 is 1.76 bits per heavy atom. The second-order valence-electron chi connectivity index (χ2n) is 2.87. The van der Waals surface area contributed by atoms with Crippen LogP contribution < -0.4 is 11.6 Å². The van der Waals surface area contributed by atoms with Gasteiger partial charge in [-0.15, -0.1) is 0 Å². The van der Waals surface area contributed by atoms with Crippen molar-refractivity contribution in [1.29, 1.82) is 0 Å². The van der Waals surface area contributed by atoms with Crippen molar-refractivity contribution >= 4 is 5.78 Å². The minimum atomic E-state index is 0.110. The molecular weight excluding hydrogens is 218 g/mol. The lowest BCUT2D eigenvalue weighted by Crippen LogP contribution is -2.22. The molecule has 0 heterocycles. The van der Waals surface area contributed by atoms with E-state index in [-0.39, 0.29) is 5.78 Å². The molecule has 0 bridgehead atoms. The zero-order valence-electron chi connectivity index (χ0n) is 12.1. The van der Waals surface area contributed by atoms with Crippen molar-refractivity contribution in [3.05, 3.63) is 11.9 Å². The molecule has 0 unspecified atom stereocenters. The first-order valence-corrected chi connectivity index (χ1v) is 6.03. The summed E-state index contributed by atoms with van der Waals surface area (Å²) in [6.45, 7) is 10.2. The Hall–Kier alpha value is -1.07. The maximum atomic E-state index is 10.5. The number of hydrazine groups is 1. The summed E-state index contributed by atoms with van der Waals surface area (Å²) in [6, 6.07) is 0. The second-order valence-corrected chi connectivity index (χ2v) is 2.87. The third-order valence-corrected chi connectivity index (χ3v) is 1.24. The summed E-state index contributed by atoms with van der Waals surface area (Å²) in [4.78, 5) is 10.5. The maximum Gasteiger partial charge on any atom is 0.132 e. The van der Waals surface area contributed by atoms with Gasteiger partial charge in [-0.25, -0.2) is 5.84 Å². The highest BCUT2D eigenvalue weighted by Gasteiger charge is 1.95. The van der Waals surface area contributed by atoms with Gasteiger partial charge < -0.3 is 15.5 Å². The number of carbonyl (C=O) groups excluding carboxylic acids is 1. The Morgan fingerprint density at radius 1 is 1.29 bits per heavy atom. The van der Waals surface area contributed by atoms with Crippen molar-refractivity contribution < 1.29 is 9.53 Å². The number of ether oxygens (including phenoxy) is 1. The summed E-state index contributed by atoms with van der Waals surface area (Å²) in [7, 11) is 1.67. The van der Waals surface area contributed by atoms with Crippen LogP contribution in [-0.4, -0.2) is 31.1 Å². The predicted molar refractivity (Wildman–Crippen MR) is 73.0 cm³/mol. The first kappa shape index (κ1) is 21.2. The molecule has 0 aromatic rings. The van der Waals surface area contributed by atoms with Crippen molar-refractivity contribution in [3.63, 3.8) is 0 Å². The Labute approximate surface area is 106 Å². The highest BCUT2D eigenvalue weighted by molar-refractivity contribution is 5.75. The Morgan fingerprint density at radius 3 is 2.12 bits per heavy atom. The minimum Gasteiger partial charge on any atom is -0.399 e. The summed E-state index contributed by atoms with van der Waals surface area (Å²) in [5.41, 5.74) is 6.06. The number of carbonyl (C=O) groups is 1. The van der Waals surface area contributed by atoms with E-state index in [4.69, 9.17) is 16.3 Å². The highest BCUT2D eigenvalue weighted by atomic mass is 16.5. The topological polar surface area (TPSA) is 81.6 Å². The fraction of sp³-hybridized carbons (Fsp3) is 0.750. The van der Waals surface area contributed by atoms with Crippen LogP contribution in [0, 0.1) is 0 Å². The monoisotopic (exact) mass is 247 g/mol. The number of ketones is 1. The number of Topliss-reactive ketones (excluding diaryl/α,β-unsaturated/α-hetero) is 1. The quantitative estimate of drug-likeness (QED) is 0.423. The van der Waals surface area contributed by atoms with Crippen LogP contribution in [0.25, 0.3) is 0 Å². The molecule has 0 aromatic heterocycles. The van der Waals surface area contributed by atoms with Crippen LogP contribution in [0.3, 0.4) is 0 Å². The van der Waals surface area contributed by atoms with Crippen molar-refractivity contribution in [2.75, 3.05) is 20.3 Å². The Kier molecular flexibility index (Phi) is 21.6. The molecule has 104 valence electrons. The third-order valence-electron chi connectivity index (χ3n) is 1.24. The van der Waals surface area contributed by atoms with Crippen molar-refractivity contribution in [2.24, 2.45) is 11.6 Å². The number of nitrogens with two attached hydrogens (primary N) is 2. The molecule has 0 atom stereocenters. The van der Waals surface area contributed by atoms with E-state index in [1.165, 1.54) is 11.9 Å². The van der Waals surface area contributed by atoms with Gasteiger partial charge in [0.1, 0.15) is 5.78 Å². The average Bonchev–Trinajstić information content (AvgIpc) is 2.29. The Balaban J connectivity index is -0.000000439. The maximum absolute atomic E-state index is 10.5. The molecule has 5 heteroatoms. The van der Waals surface area contributed by atoms with E-state index in [9.17, 15) is 4.79 Å². The first-order valence-electron chi connectivity index (χ1n) is 6.03. The zero-order chi connectivity index (χ0) is 14.3. The zero-order valence-corrected chi connectivity index (χ0v) is 12.1. The predicted octanol–water partition coefficient (Wildman–Crippen LogP) is 1.64. The van der Waals surface area contributed by atoms with E-state index >= 15 is 0 Å². The molecule has 0 aliphatic rings. The van der Waals surface area contributed by atoms with Gasteiger partial charge in [0.05, 0.1) is 18.9 Å². The van der Waals surface area contributed by atoms with Crippen LogP contribution in [0.15, 0.2) is 11.9 Å². The van der Waals surface area contributed by atoms with Crippen molar-refractivity contribution in [2.45, 2.75) is 41.0 Å². The molecule has 5 nitrogen and oxygen atoms in total. The molecule has 0 fully saturated rings. The van der Waals surface area contributed by atoms with Gasteiger partial charge in [-0.2, -0.15) is 0 Å². The molecule has 0 saturated heterocycles. The van der Waals surface area contributed by atoms with Crippen molar-refractivity contribution in [3.8, 4) is 0 Å². The van der Waals surface area contributed by atoms with E-state index in [1.807, 2.05) is 27.7 Å². The van der Waals surface area contributed by atoms with Gasteiger partial charge in [-0.05, 0) is 6.92 Å². The van der Waals surface area contributed by atoms with E-state index in [0.717, 1.165) is 0 Å². The van der Waals surface area contributed by atoms with Crippen LogP contribution in [0.2, 0.25) is 0 Å². The molecule has 0 aliphatic carbocycles. The van der Waals surface area contributed by atoms with E-state index in [2.05, 4.69) is 0 Å². The van der Waals surface area contributed by atoms with Gasteiger partial charge in [0, 0.05) is 19.7 Å². The first-order chi connectivity index (χ1) is 8.02. The summed E-state index contributed by atoms with van der Waals surface area (Å²) >= 11 is 0. The lowest BCUT2D eigenvalue weighted by Gasteiger charge is -2.07. The van der Waals surface area contributed by atoms with Gasteiger partial charge in [-0.3, -0.25) is 4.79 Å². The summed E-state index contributed by atoms with van der Waals surface area (Å²) in [6.07, 6.45) is 1.99. The molecule has 17 heavy (non-hydrogen) atoms. The number of hydrogen-bond acceptors (Lipinski definition) is 5.